The molecule has 1 aliphatic rings. The van der Waals surface area contributed by atoms with Gasteiger partial charge in [0.25, 0.3) is 0 Å². The molecular formula is C11H10BrFO2. The Balaban J connectivity index is 2.51. The number of carboxylic acids is 1. The minimum absolute atomic E-state index is 0.302. The highest BCUT2D eigenvalue weighted by Crippen LogP contribution is 2.45. The second-order valence-corrected chi connectivity index (χ2v) is 4.78. The summed E-state index contributed by atoms with van der Waals surface area (Å²) in [5, 5.41) is 9.17. The van der Waals surface area contributed by atoms with E-state index in [1.54, 1.807) is 12.1 Å². The molecule has 0 amide bonds. The van der Waals surface area contributed by atoms with E-state index in [4.69, 9.17) is 0 Å². The number of carboxylic acid groups (broad SMARTS) is 1. The maximum absolute atomic E-state index is 13.6. The average Bonchev–Trinajstić information content (AvgIpc) is 2.08. The first-order valence-electron chi connectivity index (χ1n) is 4.75. The van der Waals surface area contributed by atoms with Crippen LogP contribution in [0.5, 0.6) is 0 Å². The molecule has 2 nitrogen and oxygen atoms in total. The highest BCUT2D eigenvalue weighted by atomic mass is 79.9. The van der Waals surface area contributed by atoms with Crippen molar-refractivity contribution < 1.29 is 14.3 Å². The van der Waals surface area contributed by atoms with Crippen LogP contribution in [0.1, 0.15) is 24.8 Å². The van der Waals surface area contributed by atoms with Crippen LogP contribution in [0.2, 0.25) is 0 Å². The Morgan fingerprint density at radius 1 is 1.47 bits per heavy atom. The first-order chi connectivity index (χ1) is 7.06. The van der Waals surface area contributed by atoms with Gasteiger partial charge in [-0.25, -0.2) is 4.39 Å². The van der Waals surface area contributed by atoms with Crippen molar-refractivity contribution in [3.8, 4) is 0 Å². The van der Waals surface area contributed by atoms with E-state index in [1.807, 2.05) is 0 Å². The van der Waals surface area contributed by atoms with Crippen LogP contribution in [-0.4, -0.2) is 11.1 Å². The van der Waals surface area contributed by atoms with Crippen molar-refractivity contribution in [3.63, 3.8) is 0 Å². The van der Waals surface area contributed by atoms with Crippen LogP contribution in [0.4, 0.5) is 4.39 Å². The molecule has 1 saturated carbocycles. The Bertz CT molecular complexity index is 413. The zero-order chi connectivity index (χ0) is 11.1. The standard InChI is InChI=1S/C11H10BrFO2/c12-7-2-3-9(13)8(6-7)11(10(14)15)4-1-5-11/h2-3,6H,1,4-5H2,(H,14,15). The second kappa shape index (κ2) is 3.59. The lowest BCUT2D eigenvalue weighted by atomic mass is 9.64. The van der Waals surface area contributed by atoms with Gasteiger partial charge in [-0.15, -0.1) is 0 Å². The topological polar surface area (TPSA) is 37.3 Å². The van der Waals surface area contributed by atoms with Crippen molar-refractivity contribution in [2.45, 2.75) is 24.7 Å². The van der Waals surface area contributed by atoms with Crippen LogP contribution in [0.15, 0.2) is 22.7 Å². The Labute approximate surface area is 95.2 Å². The molecule has 1 fully saturated rings. The smallest absolute Gasteiger partial charge is 0.314 e. The molecule has 0 aromatic heterocycles. The molecule has 4 heteroatoms. The van der Waals surface area contributed by atoms with Crippen LogP contribution in [-0.2, 0) is 10.2 Å². The zero-order valence-electron chi connectivity index (χ0n) is 7.96. The Morgan fingerprint density at radius 3 is 2.60 bits per heavy atom. The van der Waals surface area contributed by atoms with Gasteiger partial charge in [0, 0.05) is 10.0 Å². The molecule has 0 aliphatic heterocycles. The van der Waals surface area contributed by atoms with Crippen molar-refractivity contribution in [3.05, 3.63) is 34.1 Å². The van der Waals surface area contributed by atoms with Gasteiger partial charge in [0.15, 0.2) is 0 Å². The summed E-state index contributed by atoms with van der Waals surface area (Å²) in [5.74, 6) is -1.36. The fourth-order valence-electron chi connectivity index (χ4n) is 1.99. The fourth-order valence-corrected chi connectivity index (χ4v) is 2.35. The summed E-state index contributed by atoms with van der Waals surface area (Å²) in [6.07, 6.45) is 1.89. The minimum atomic E-state index is -0.992. The number of hydrogen-bond donors (Lipinski definition) is 1. The Hall–Kier alpha value is -0.900. The van der Waals surface area contributed by atoms with E-state index < -0.39 is 17.2 Å². The van der Waals surface area contributed by atoms with Crippen molar-refractivity contribution in [2.24, 2.45) is 0 Å². The van der Waals surface area contributed by atoms with Crippen molar-refractivity contribution in [1.82, 2.24) is 0 Å². The summed E-state index contributed by atoms with van der Waals surface area (Å²) in [6.45, 7) is 0. The molecule has 0 atom stereocenters. The molecule has 1 aromatic rings. The van der Waals surface area contributed by atoms with E-state index in [2.05, 4.69) is 15.9 Å². The van der Waals surface area contributed by atoms with Crippen LogP contribution in [0.3, 0.4) is 0 Å². The molecule has 0 bridgehead atoms. The molecule has 1 aliphatic carbocycles. The predicted octanol–water partition coefficient (Wildman–Crippen LogP) is 3.09. The highest BCUT2D eigenvalue weighted by molar-refractivity contribution is 9.10. The molecule has 0 heterocycles. The molecular weight excluding hydrogens is 263 g/mol. The molecule has 0 saturated heterocycles. The van der Waals surface area contributed by atoms with Crippen LogP contribution in [0, 0.1) is 5.82 Å². The SMILES string of the molecule is O=C(O)C1(c2cc(Br)ccc2F)CCC1. The number of aliphatic carboxylic acids is 1. The second-order valence-electron chi connectivity index (χ2n) is 3.86. The third kappa shape index (κ3) is 1.57. The summed E-state index contributed by atoms with van der Waals surface area (Å²) in [4.78, 5) is 11.2. The number of carbonyl (C=O) groups is 1. The molecule has 2 rings (SSSR count). The fraction of sp³-hybridized carbons (Fsp3) is 0.364. The summed E-state index contributed by atoms with van der Waals surface area (Å²) in [6, 6.07) is 4.46. The molecule has 80 valence electrons. The quantitative estimate of drug-likeness (QED) is 0.899. The summed E-state index contributed by atoms with van der Waals surface area (Å²) in [7, 11) is 0. The van der Waals surface area contributed by atoms with E-state index in [-0.39, 0.29) is 0 Å². The number of halogens is 2. The van der Waals surface area contributed by atoms with Crippen LogP contribution < -0.4 is 0 Å². The Kier molecular flexibility index (Phi) is 2.54. The van der Waals surface area contributed by atoms with Crippen LogP contribution in [0.25, 0.3) is 0 Å². The average molecular weight is 273 g/mol. The van der Waals surface area contributed by atoms with E-state index in [0.717, 1.165) is 6.42 Å². The largest absolute Gasteiger partial charge is 0.481 e. The molecule has 0 radical (unpaired) electrons. The van der Waals surface area contributed by atoms with Gasteiger partial charge in [0.2, 0.25) is 0 Å². The normalized spacial score (nSPS) is 18.3. The van der Waals surface area contributed by atoms with Crippen molar-refractivity contribution in [2.75, 3.05) is 0 Å². The van der Waals surface area contributed by atoms with Gasteiger partial charge < -0.3 is 5.11 Å². The first kappa shape index (κ1) is 10.6. The van der Waals surface area contributed by atoms with Gasteiger partial charge in [-0.3, -0.25) is 4.79 Å². The third-order valence-electron chi connectivity index (χ3n) is 3.06. The molecule has 15 heavy (non-hydrogen) atoms. The van der Waals surface area contributed by atoms with E-state index >= 15 is 0 Å². The third-order valence-corrected chi connectivity index (χ3v) is 3.55. The predicted molar refractivity (Wildman–Crippen MR) is 57.3 cm³/mol. The minimum Gasteiger partial charge on any atom is -0.481 e. The van der Waals surface area contributed by atoms with Gasteiger partial charge in [0.1, 0.15) is 5.82 Å². The molecule has 1 N–H and O–H groups in total. The molecule has 1 aromatic carbocycles. The zero-order valence-corrected chi connectivity index (χ0v) is 9.55. The first-order valence-corrected chi connectivity index (χ1v) is 5.54. The van der Waals surface area contributed by atoms with Gasteiger partial charge in [-0.1, -0.05) is 22.4 Å². The monoisotopic (exact) mass is 272 g/mol. The van der Waals surface area contributed by atoms with Gasteiger partial charge in [-0.05, 0) is 31.0 Å². The van der Waals surface area contributed by atoms with Crippen molar-refractivity contribution in [1.29, 1.82) is 0 Å². The lowest BCUT2D eigenvalue weighted by Gasteiger charge is -2.38. The van der Waals surface area contributed by atoms with Gasteiger partial charge >= 0.3 is 5.97 Å². The van der Waals surface area contributed by atoms with E-state index in [1.165, 1.54) is 6.07 Å². The molecule has 0 spiro atoms. The number of rotatable bonds is 2. The summed E-state index contributed by atoms with van der Waals surface area (Å²) >= 11 is 3.23. The van der Waals surface area contributed by atoms with Crippen molar-refractivity contribution >= 4 is 21.9 Å². The lowest BCUT2D eigenvalue weighted by molar-refractivity contribution is -0.147. The van der Waals surface area contributed by atoms with Gasteiger partial charge in [0.05, 0.1) is 5.41 Å². The van der Waals surface area contributed by atoms with Gasteiger partial charge in [-0.2, -0.15) is 0 Å². The lowest BCUT2D eigenvalue weighted by Crippen LogP contribution is -2.43. The highest BCUT2D eigenvalue weighted by Gasteiger charge is 2.47. The van der Waals surface area contributed by atoms with E-state index in [0.29, 0.717) is 22.9 Å². The number of hydrogen-bond acceptors (Lipinski definition) is 1. The maximum Gasteiger partial charge on any atom is 0.314 e. The summed E-state index contributed by atoms with van der Waals surface area (Å²) in [5.41, 5.74) is -0.691. The van der Waals surface area contributed by atoms with E-state index in [9.17, 15) is 14.3 Å². The van der Waals surface area contributed by atoms with Crippen LogP contribution >= 0.6 is 15.9 Å². The molecule has 0 unspecified atom stereocenters. The Morgan fingerprint density at radius 2 is 2.13 bits per heavy atom. The summed E-state index contributed by atoms with van der Waals surface area (Å²) < 4.78 is 14.3. The number of benzene rings is 1. The maximum atomic E-state index is 13.6.